The molecule has 1 aromatic carbocycles. The lowest BCUT2D eigenvalue weighted by atomic mass is 9.68. The number of hydrogen-bond acceptors (Lipinski definition) is 1. The Labute approximate surface area is 130 Å². The quantitative estimate of drug-likeness (QED) is 0.785. The van der Waals surface area contributed by atoms with Gasteiger partial charge in [-0.2, -0.15) is 0 Å². The van der Waals surface area contributed by atoms with Gasteiger partial charge in [0, 0.05) is 6.04 Å². The van der Waals surface area contributed by atoms with E-state index in [9.17, 15) is 0 Å². The van der Waals surface area contributed by atoms with Crippen molar-refractivity contribution in [2.75, 3.05) is 6.54 Å². The van der Waals surface area contributed by atoms with E-state index in [1.807, 2.05) is 0 Å². The van der Waals surface area contributed by atoms with Crippen LogP contribution in [0.25, 0.3) is 0 Å². The minimum atomic E-state index is 0.445. The van der Waals surface area contributed by atoms with E-state index < -0.39 is 0 Å². The van der Waals surface area contributed by atoms with Crippen LogP contribution in [-0.2, 0) is 12.8 Å². The first-order valence-electron chi connectivity index (χ1n) is 9.08. The molecule has 1 fully saturated rings. The lowest BCUT2D eigenvalue weighted by Crippen LogP contribution is -2.38. The van der Waals surface area contributed by atoms with Gasteiger partial charge >= 0.3 is 0 Å². The van der Waals surface area contributed by atoms with Crippen LogP contribution in [0.15, 0.2) is 18.2 Å². The molecule has 1 N–H and O–H groups in total. The summed E-state index contributed by atoms with van der Waals surface area (Å²) in [4.78, 5) is 0. The molecule has 0 spiro atoms. The summed E-state index contributed by atoms with van der Waals surface area (Å²) < 4.78 is 0. The van der Waals surface area contributed by atoms with E-state index in [1.54, 1.807) is 16.7 Å². The maximum Gasteiger partial charge on any atom is 0.0374 e. The van der Waals surface area contributed by atoms with Gasteiger partial charge in [-0.25, -0.2) is 0 Å². The number of rotatable bonds is 5. The molecule has 2 aliphatic carbocycles. The van der Waals surface area contributed by atoms with Crippen molar-refractivity contribution in [3.05, 3.63) is 34.9 Å². The zero-order valence-corrected chi connectivity index (χ0v) is 13.9. The predicted molar refractivity (Wildman–Crippen MR) is 90.7 cm³/mol. The van der Waals surface area contributed by atoms with Crippen molar-refractivity contribution < 1.29 is 0 Å². The SMILES string of the molecule is CCCNC(c1ccc2c(c1)CCC2)C1(C)CCCCC1. The molecule has 0 aromatic heterocycles. The molecule has 1 saturated carbocycles. The Balaban J connectivity index is 1.87. The summed E-state index contributed by atoms with van der Waals surface area (Å²) in [5.41, 5.74) is 5.21. The standard InChI is InChI=1S/C20H31N/c1-3-14-21-19(20(2)12-5-4-6-13-20)18-11-10-16-8-7-9-17(16)15-18/h10-11,15,19,21H,3-9,12-14H2,1-2H3. The van der Waals surface area contributed by atoms with Crippen molar-refractivity contribution in [2.45, 2.75) is 77.7 Å². The molecule has 0 amide bonds. The average molecular weight is 285 g/mol. The number of nitrogens with one attached hydrogen (secondary N) is 1. The van der Waals surface area contributed by atoms with Gasteiger partial charge in [0.1, 0.15) is 0 Å². The second-order valence-corrected chi connectivity index (χ2v) is 7.48. The van der Waals surface area contributed by atoms with Gasteiger partial charge in [0.2, 0.25) is 0 Å². The molecule has 21 heavy (non-hydrogen) atoms. The van der Waals surface area contributed by atoms with Gasteiger partial charge in [0.25, 0.3) is 0 Å². The second-order valence-electron chi connectivity index (χ2n) is 7.48. The Morgan fingerprint density at radius 2 is 1.81 bits per heavy atom. The molecule has 1 aromatic rings. The lowest BCUT2D eigenvalue weighted by molar-refractivity contribution is 0.144. The number of benzene rings is 1. The smallest absolute Gasteiger partial charge is 0.0374 e. The van der Waals surface area contributed by atoms with Crippen LogP contribution in [0.2, 0.25) is 0 Å². The van der Waals surface area contributed by atoms with Gasteiger partial charge in [0.15, 0.2) is 0 Å². The summed E-state index contributed by atoms with van der Waals surface area (Å²) >= 11 is 0. The van der Waals surface area contributed by atoms with Gasteiger partial charge in [-0.15, -0.1) is 0 Å². The third-order valence-corrected chi connectivity index (χ3v) is 5.75. The van der Waals surface area contributed by atoms with Crippen molar-refractivity contribution in [2.24, 2.45) is 5.41 Å². The predicted octanol–water partition coefficient (Wildman–Crippen LogP) is 5.19. The number of hydrogen-bond donors (Lipinski definition) is 1. The van der Waals surface area contributed by atoms with Crippen LogP contribution in [-0.4, -0.2) is 6.54 Å². The Kier molecular flexibility index (Phi) is 4.69. The molecule has 0 aliphatic heterocycles. The van der Waals surface area contributed by atoms with Crippen LogP contribution in [0.3, 0.4) is 0 Å². The molecule has 3 rings (SSSR count). The monoisotopic (exact) mass is 285 g/mol. The summed E-state index contributed by atoms with van der Waals surface area (Å²) in [5.74, 6) is 0. The highest BCUT2D eigenvalue weighted by Crippen LogP contribution is 2.46. The van der Waals surface area contributed by atoms with Gasteiger partial charge in [-0.1, -0.05) is 51.3 Å². The van der Waals surface area contributed by atoms with Crippen molar-refractivity contribution in [3.63, 3.8) is 0 Å². The molecule has 0 saturated heterocycles. The highest BCUT2D eigenvalue weighted by Gasteiger charge is 2.36. The third kappa shape index (κ3) is 3.18. The second kappa shape index (κ2) is 6.52. The maximum atomic E-state index is 3.89. The van der Waals surface area contributed by atoms with E-state index in [0.29, 0.717) is 11.5 Å². The molecule has 116 valence electrons. The van der Waals surface area contributed by atoms with Crippen molar-refractivity contribution in [3.8, 4) is 0 Å². The van der Waals surface area contributed by atoms with E-state index in [-0.39, 0.29) is 0 Å². The Morgan fingerprint density at radius 1 is 1.05 bits per heavy atom. The highest BCUT2D eigenvalue weighted by molar-refractivity contribution is 5.37. The van der Waals surface area contributed by atoms with Crippen LogP contribution in [0.5, 0.6) is 0 Å². The highest BCUT2D eigenvalue weighted by atomic mass is 14.9. The average Bonchev–Trinajstić information content (AvgIpc) is 2.96. The molecule has 1 heteroatoms. The number of fused-ring (bicyclic) bond motifs is 1. The molecule has 1 nitrogen and oxygen atoms in total. The zero-order chi connectivity index (χ0) is 14.7. The normalized spacial score (nSPS) is 22.0. The fourth-order valence-corrected chi connectivity index (χ4v) is 4.47. The topological polar surface area (TPSA) is 12.0 Å². The van der Waals surface area contributed by atoms with Crippen LogP contribution in [0.1, 0.15) is 81.5 Å². The molecule has 0 radical (unpaired) electrons. The molecule has 0 bridgehead atoms. The fourth-order valence-electron chi connectivity index (χ4n) is 4.47. The fraction of sp³-hybridized carbons (Fsp3) is 0.700. The Hall–Kier alpha value is -0.820. The van der Waals surface area contributed by atoms with E-state index in [1.165, 1.54) is 57.8 Å². The summed E-state index contributed by atoms with van der Waals surface area (Å²) in [7, 11) is 0. The van der Waals surface area contributed by atoms with Crippen molar-refractivity contribution >= 4 is 0 Å². The van der Waals surface area contributed by atoms with Crippen LogP contribution >= 0.6 is 0 Å². The zero-order valence-electron chi connectivity index (χ0n) is 13.9. The van der Waals surface area contributed by atoms with Crippen molar-refractivity contribution in [1.29, 1.82) is 0 Å². The number of aryl methyl sites for hydroxylation is 2. The summed E-state index contributed by atoms with van der Waals surface area (Å²) in [6.07, 6.45) is 12.2. The van der Waals surface area contributed by atoms with Crippen LogP contribution < -0.4 is 5.32 Å². The first-order valence-corrected chi connectivity index (χ1v) is 9.08. The van der Waals surface area contributed by atoms with Gasteiger partial charge in [-0.05, 0) is 67.2 Å². The largest absolute Gasteiger partial charge is 0.309 e. The molecular formula is C20H31N. The van der Waals surface area contributed by atoms with E-state index in [2.05, 4.69) is 37.4 Å². The lowest BCUT2D eigenvalue weighted by Gasteiger charge is -2.42. The first-order chi connectivity index (χ1) is 10.2. The van der Waals surface area contributed by atoms with Crippen molar-refractivity contribution in [1.82, 2.24) is 5.32 Å². The molecule has 0 heterocycles. The minimum Gasteiger partial charge on any atom is -0.309 e. The Morgan fingerprint density at radius 3 is 2.57 bits per heavy atom. The van der Waals surface area contributed by atoms with Crippen LogP contribution in [0, 0.1) is 5.41 Å². The first kappa shape index (κ1) is 15.1. The summed E-state index contributed by atoms with van der Waals surface area (Å²) in [5, 5.41) is 3.89. The van der Waals surface area contributed by atoms with E-state index in [4.69, 9.17) is 0 Å². The third-order valence-electron chi connectivity index (χ3n) is 5.75. The maximum absolute atomic E-state index is 3.89. The molecule has 1 unspecified atom stereocenters. The Bertz CT molecular complexity index is 471. The summed E-state index contributed by atoms with van der Waals surface area (Å²) in [6, 6.07) is 7.89. The summed E-state index contributed by atoms with van der Waals surface area (Å²) in [6.45, 7) is 5.93. The van der Waals surface area contributed by atoms with Crippen LogP contribution in [0.4, 0.5) is 0 Å². The van der Waals surface area contributed by atoms with Gasteiger partial charge in [0.05, 0.1) is 0 Å². The molecular weight excluding hydrogens is 254 g/mol. The minimum absolute atomic E-state index is 0.445. The van der Waals surface area contributed by atoms with E-state index >= 15 is 0 Å². The molecule has 2 aliphatic rings. The van der Waals surface area contributed by atoms with Gasteiger partial charge < -0.3 is 5.32 Å². The van der Waals surface area contributed by atoms with Gasteiger partial charge in [-0.3, -0.25) is 0 Å². The molecule has 1 atom stereocenters. The van der Waals surface area contributed by atoms with E-state index in [0.717, 1.165) is 6.54 Å².